The second-order valence-corrected chi connectivity index (χ2v) is 7.24. The van der Waals surface area contributed by atoms with Crippen LogP contribution < -0.4 is 10.1 Å². The van der Waals surface area contributed by atoms with Crippen molar-refractivity contribution in [2.24, 2.45) is 0 Å². The smallest absolute Gasteiger partial charge is 0.127 e. The van der Waals surface area contributed by atoms with Gasteiger partial charge in [0.15, 0.2) is 0 Å². The third-order valence-corrected chi connectivity index (χ3v) is 5.24. The molecule has 0 aromatic heterocycles. The number of hydrogen-bond donors (Lipinski definition) is 3. The van der Waals surface area contributed by atoms with Crippen molar-refractivity contribution >= 4 is 10.8 Å². The van der Waals surface area contributed by atoms with E-state index in [-0.39, 0.29) is 6.61 Å². The third kappa shape index (κ3) is 4.24. The summed E-state index contributed by atoms with van der Waals surface area (Å²) in [6.45, 7) is 0.745. The van der Waals surface area contributed by atoms with Crippen molar-refractivity contribution in [3.63, 3.8) is 0 Å². The van der Waals surface area contributed by atoms with Crippen LogP contribution in [0.3, 0.4) is 0 Å². The van der Waals surface area contributed by atoms with E-state index in [9.17, 15) is 10.2 Å². The van der Waals surface area contributed by atoms with Crippen molar-refractivity contribution in [2.45, 2.75) is 31.4 Å². The molecule has 0 fully saturated rings. The molecule has 0 spiro atoms. The lowest BCUT2D eigenvalue weighted by molar-refractivity contribution is 0.104. The zero-order chi connectivity index (χ0) is 18.6. The van der Waals surface area contributed by atoms with E-state index in [0.717, 1.165) is 35.8 Å². The second-order valence-electron chi connectivity index (χ2n) is 7.24. The normalized spacial score (nSPS) is 17.4. The van der Waals surface area contributed by atoms with Crippen LogP contribution in [0.5, 0.6) is 11.5 Å². The number of nitrogens with one attached hydrogen (secondary N) is 1. The van der Waals surface area contributed by atoms with Crippen LogP contribution in [0.15, 0.2) is 60.7 Å². The van der Waals surface area contributed by atoms with Gasteiger partial charge in [0.1, 0.15) is 24.2 Å². The van der Waals surface area contributed by atoms with Crippen molar-refractivity contribution in [2.75, 3.05) is 13.2 Å². The molecule has 3 aromatic rings. The van der Waals surface area contributed by atoms with Crippen molar-refractivity contribution in [3.05, 3.63) is 71.8 Å². The van der Waals surface area contributed by atoms with Gasteiger partial charge in [0.2, 0.25) is 0 Å². The summed E-state index contributed by atoms with van der Waals surface area (Å²) in [6.07, 6.45) is 2.33. The topological polar surface area (TPSA) is 61.7 Å². The number of benzene rings is 3. The first-order valence-corrected chi connectivity index (χ1v) is 9.52. The van der Waals surface area contributed by atoms with Gasteiger partial charge in [-0.15, -0.1) is 0 Å². The molecule has 0 saturated carbocycles. The van der Waals surface area contributed by atoms with Gasteiger partial charge in [-0.05, 0) is 54.0 Å². The summed E-state index contributed by atoms with van der Waals surface area (Å²) in [5.74, 6) is 1.12. The summed E-state index contributed by atoms with van der Waals surface area (Å²) < 4.78 is 5.87. The predicted octanol–water partition coefficient (Wildman–Crippen LogP) is 3.43. The van der Waals surface area contributed by atoms with Gasteiger partial charge >= 0.3 is 0 Å². The lowest BCUT2D eigenvalue weighted by Gasteiger charge is -2.26. The van der Waals surface area contributed by atoms with E-state index in [1.54, 1.807) is 6.07 Å². The van der Waals surface area contributed by atoms with Crippen LogP contribution in [-0.2, 0) is 12.8 Å². The summed E-state index contributed by atoms with van der Waals surface area (Å²) in [5, 5.41) is 25.6. The molecule has 0 amide bonds. The molecule has 3 aromatic carbocycles. The van der Waals surface area contributed by atoms with E-state index in [2.05, 4.69) is 17.4 Å². The number of fused-ring (bicyclic) bond motifs is 2. The van der Waals surface area contributed by atoms with E-state index >= 15 is 0 Å². The van der Waals surface area contributed by atoms with Crippen LogP contribution in [0.4, 0.5) is 0 Å². The van der Waals surface area contributed by atoms with Crippen LogP contribution in [-0.4, -0.2) is 35.5 Å². The Kier molecular flexibility index (Phi) is 5.28. The molecule has 4 heteroatoms. The average Bonchev–Trinajstić information content (AvgIpc) is 2.70. The molecule has 0 aliphatic heterocycles. The summed E-state index contributed by atoms with van der Waals surface area (Å²) in [6, 6.07) is 20.0. The van der Waals surface area contributed by atoms with E-state index in [4.69, 9.17) is 4.74 Å². The molecule has 140 valence electrons. The van der Waals surface area contributed by atoms with Gasteiger partial charge in [-0.3, -0.25) is 0 Å². The molecule has 0 saturated heterocycles. The van der Waals surface area contributed by atoms with Crippen molar-refractivity contribution in [1.82, 2.24) is 5.32 Å². The Bertz CT molecular complexity index is 919. The zero-order valence-electron chi connectivity index (χ0n) is 15.3. The third-order valence-electron chi connectivity index (χ3n) is 5.24. The Morgan fingerprint density at radius 2 is 1.89 bits per heavy atom. The van der Waals surface area contributed by atoms with Crippen LogP contribution in [0.1, 0.15) is 17.5 Å². The highest BCUT2D eigenvalue weighted by atomic mass is 16.5. The number of aromatic hydroxyl groups is 1. The minimum absolute atomic E-state index is 0.255. The SMILES string of the molecule is Oc1ccc2c(c1)CC(NCC(O)COc1cccc3ccccc13)CC2. The van der Waals surface area contributed by atoms with Gasteiger partial charge < -0.3 is 20.3 Å². The number of ether oxygens (including phenoxy) is 1. The monoisotopic (exact) mass is 363 g/mol. The Hall–Kier alpha value is -2.56. The molecule has 2 atom stereocenters. The fourth-order valence-electron chi connectivity index (χ4n) is 3.79. The minimum atomic E-state index is -0.574. The quantitative estimate of drug-likeness (QED) is 0.628. The number of aliphatic hydroxyl groups excluding tert-OH is 1. The van der Waals surface area contributed by atoms with Crippen LogP contribution in [0.2, 0.25) is 0 Å². The summed E-state index contributed by atoms with van der Waals surface area (Å²) >= 11 is 0. The average molecular weight is 363 g/mol. The van der Waals surface area contributed by atoms with Gasteiger partial charge in [0.05, 0.1) is 0 Å². The molecule has 3 N–H and O–H groups in total. The van der Waals surface area contributed by atoms with E-state index in [1.807, 2.05) is 42.5 Å². The van der Waals surface area contributed by atoms with Crippen LogP contribution >= 0.6 is 0 Å². The van der Waals surface area contributed by atoms with Gasteiger partial charge in [0.25, 0.3) is 0 Å². The van der Waals surface area contributed by atoms with Crippen molar-refractivity contribution < 1.29 is 14.9 Å². The standard InChI is InChI=1S/C23H25NO3/c25-20-11-9-16-8-10-19(12-18(16)13-20)24-14-21(26)15-27-23-7-3-5-17-4-1-2-6-22(17)23/h1-7,9,11,13,19,21,24-26H,8,10,12,14-15H2. The Labute approximate surface area is 159 Å². The largest absolute Gasteiger partial charge is 0.508 e. The molecule has 4 rings (SSSR count). The molecule has 27 heavy (non-hydrogen) atoms. The number of rotatable bonds is 6. The van der Waals surface area contributed by atoms with Gasteiger partial charge in [-0.1, -0.05) is 42.5 Å². The van der Waals surface area contributed by atoms with E-state index in [1.165, 1.54) is 11.1 Å². The summed E-state index contributed by atoms with van der Waals surface area (Å²) in [7, 11) is 0. The van der Waals surface area contributed by atoms with Gasteiger partial charge in [-0.2, -0.15) is 0 Å². The lowest BCUT2D eigenvalue weighted by Crippen LogP contribution is -2.40. The number of phenolic OH excluding ortho intramolecular Hbond substituents is 1. The van der Waals surface area contributed by atoms with Crippen LogP contribution in [0, 0.1) is 0 Å². The molecule has 4 nitrogen and oxygen atoms in total. The number of aryl methyl sites for hydroxylation is 1. The highest BCUT2D eigenvalue weighted by Gasteiger charge is 2.19. The second kappa shape index (κ2) is 7.99. The van der Waals surface area contributed by atoms with Crippen LogP contribution in [0.25, 0.3) is 10.8 Å². The first-order valence-electron chi connectivity index (χ1n) is 9.52. The lowest BCUT2D eigenvalue weighted by atomic mass is 9.88. The number of phenols is 1. The van der Waals surface area contributed by atoms with E-state index in [0.29, 0.717) is 18.3 Å². The van der Waals surface area contributed by atoms with Gasteiger partial charge in [-0.25, -0.2) is 0 Å². The Balaban J connectivity index is 1.29. The minimum Gasteiger partial charge on any atom is -0.508 e. The maximum Gasteiger partial charge on any atom is 0.127 e. The first-order chi connectivity index (χ1) is 13.2. The summed E-state index contributed by atoms with van der Waals surface area (Å²) in [5.41, 5.74) is 2.51. The molecular formula is C23H25NO3. The molecule has 2 unspecified atom stereocenters. The molecule has 1 aliphatic carbocycles. The first kappa shape index (κ1) is 17.8. The highest BCUT2D eigenvalue weighted by Crippen LogP contribution is 2.26. The maximum atomic E-state index is 10.3. The zero-order valence-corrected chi connectivity index (χ0v) is 15.3. The van der Waals surface area contributed by atoms with Gasteiger partial charge in [0, 0.05) is 18.0 Å². The fourth-order valence-corrected chi connectivity index (χ4v) is 3.79. The number of hydrogen-bond acceptors (Lipinski definition) is 4. The molecular weight excluding hydrogens is 338 g/mol. The number of aliphatic hydroxyl groups is 1. The Morgan fingerprint density at radius 3 is 2.81 bits per heavy atom. The summed E-state index contributed by atoms with van der Waals surface area (Å²) in [4.78, 5) is 0. The maximum absolute atomic E-state index is 10.3. The van der Waals surface area contributed by atoms with Crippen molar-refractivity contribution in [1.29, 1.82) is 0 Å². The molecule has 0 radical (unpaired) electrons. The molecule has 0 heterocycles. The highest BCUT2D eigenvalue weighted by molar-refractivity contribution is 5.88. The predicted molar refractivity (Wildman–Crippen MR) is 107 cm³/mol. The molecule has 1 aliphatic rings. The molecule has 0 bridgehead atoms. The van der Waals surface area contributed by atoms with Crippen molar-refractivity contribution in [3.8, 4) is 11.5 Å². The fraction of sp³-hybridized carbons (Fsp3) is 0.304. The van der Waals surface area contributed by atoms with E-state index < -0.39 is 6.10 Å². The Morgan fingerprint density at radius 1 is 1.04 bits per heavy atom.